The van der Waals surface area contributed by atoms with Crippen LogP contribution in [0.25, 0.3) is 0 Å². The van der Waals surface area contributed by atoms with E-state index in [2.05, 4.69) is 0 Å². The Morgan fingerprint density at radius 2 is 1.85 bits per heavy atom. The van der Waals surface area contributed by atoms with Crippen LogP contribution >= 0.6 is 0 Å². The molecular weight excluding hydrogens is 258 g/mol. The summed E-state index contributed by atoms with van der Waals surface area (Å²) in [5.74, 6) is -0.759. The van der Waals surface area contributed by atoms with E-state index in [-0.39, 0.29) is 11.4 Å². The summed E-state index contributed by atoms with van der Waals surface area (Å²) in [5.41, 5.74) is 1.33. The SMILES string of the molecule is Cc1cc(C)c(C2(O)CCc3c(F)cccc32)c(F)c1. The minimum atomic E-state index is -1.43. The lowest BCUT2D eigenvalue weighted by Gasteiger charge is -2.27. The zero-order chi connectivity index (χ0) is 14.5. The molecule has 0 bridgehead atoms. The van der Waals surface area contributed by atoms with Crippen molar-refractivity contribution in [1.29, 1.82) is 0 Å². The molecule has 2 aromatic carbocycles. The lowest BCUT2D eigenvalue weighted by atomic mass is 9.84. The minimum Gasteiger partial charge on any atom is -0.380 e. The zero-order valence-electron chi connectivity index (χ0n) is 11.5. The average molecular weight is 274 g/mol. The summed E-state index contributed by atoms with van der Waals surface area (Å²) >= 11 is 0. The van der Waals surface area contributed by atoms with Crippen LogP contribution in [0.5, 0.6) is 0 Å². The monoisotopic (exact) mass is 274 g/mol. The van der Waals surface area contributed by atoms with E-state index >= 15 is 0 Å². The fourth-order valence-electron chi connectivity index (χ4n) is 3.34. The summed E-state index contributed by atoms with van der Waals surface area (Å²) in [6.07, 6.45) is 0.731. The van der Waals surface area contributed by atoms with Gasteiger partial charge in [-0.2, -0.15) is 0 Å². The van der Waals surface area contributed by atoms with Crippen molar-refractivity contribution in [2.45, 2.75) is 32.3 Å². The third kappa shape index (κ3) is 1.77. The van der Waals surface area contributed by atoms with Gasteiger partial charge in [0.25, 0.3) is 0 Å². The number of hydrogen-bond donors (Lipinski definition) is 1. The normalized spacial score (nSPS) is 21.1. The number of benzene rings is 2. The first-order valence-electron chi connectivity index (χ1n) is 6.71. The Morgan fingerprint density at radius 1 is 1.10 bits per heavy atom. The highest BCUT2D eigenvalue weighted by molar-refractivity contribution is 5.49. The molecule has 0 saturated heterocycles. The Morgan fingerprint density at radius 3 is 2.55 bits per heavy atom. The van der Waals surface area contributed by atoms with Crippen LogP contribution in [-0.2, 0) is 12.0 Å². The van der Waals surface area contributed by atoms with Crippen molar-refractivity contribution >= 4 is 0 Å². The molecule has 0 saturated carbocycles. The number of halogens is 2. The van der Waals surface area contributed by atoms with Crippen LogP contribution in [-0.4, -0.2) is 5.11 Å². The van der Waals surface area contributed by atoms with Crippen LogP contribution in [0, 0.1) is 25.5 Å². The summed E-state index contributed by atoms with van der Waals surface area (Å²) in [5, 5.41) is 11.0. The van der Waals surface area contributed by atoms with Crippen molar-refractivity contribution < 1.29 is 13.9 Å². The van der Waals surface area contributed by atoms with E-state index in [0.717, 1.165) is 5.56 Å². The Hall–Kier alpha value is -1.74. The van der Waals surface area contributed by atoms with Gasteiger partial charge < -0.3 is 5.11 Å². The van der Waals surface area contributed by atoms with Gasteiger partial charge >= 0.3 is 0 Å². The van der Waals surface area contributed by atoms with Crippen LogP contribution in [0.4, 0.5) is 8.78 Å². The van der Waals surface area contributed by atoms with E-state index in [0.29, 0.717) is 29.5 Å². The third-order valence-corrected chi connectivity index (χ3v) is 4.15. The molecule has 1 N–H and O–H groups in total. The first-order valence-corrected chi connectivity index (χ1v) is 6.71. The first kappa shape index (κ1) is 13.3. The zero-order valence-corrected chi connectivity index (χ0v) is 11.5. The Bertz CT molecular complexity index is 670. The second-order valence-corrected chi connectivity index (χ2v) is 5.56. The van der Waals surface area contributed by atoms with Gasteiger partial charge in [0.1, 0.15) is 17.2 Å². The molecule has 3 heteroatoms. The number of fused-ring (bicyclic) bond motifs is 1. The van der Waals surface area contributed by atoms with Crippen LogP contribution < -0.4 is 0 Å². The van der Waals surface area contributed by atoms with Gasteiger partial charge in [0.2, 0.25) is 0 Å². The molecule has 104 valence electrons. The summed E-state index contributed by atoms with van der Waals surface area (Å²) < 4.78 is 28.2. The fourth-order valence-corrected chi connectivity index (χ4v) is 3.34. The predicted molar refractivity (Wildman–Crippen MR) is 73.6 cm³/mol. The maximum atomic E-state index is 14.3. The third-order valence-electron chi connectivity index (χ3n) is 4.15. The number of rotatable bonds is 1. The fraction of sp³-hybridized carbons (Fsp3) is 0.294. The van der Waals surface area contributed by atoms with Gasteiger partial charge in [-0.05, 0) is 61.1 Å². The van der Waals surface area contributed by atoms with Gasteiger partial charge in [-0.25, -0.2) is 8.78 Å². The summed E-state index contributed by atoms with van der Waals surface area (Å²) in [4.78, 5) is 0. The molecule has 1 atom stereocenters. The highest BCUT2D eigenvalue weighted by atomic mass is 19.1. The van der Waals surface area contributed by atoms with Crippen molar-refractivity contribution in [3.63, 3.8) is 0 Å². The molecule has 0 aromatic heterocycles. The molecule has 0 radical (unpaired) electrons. The van der Waals surface area contributed by atoms with Gasteiger partial charge in [-0.1, -0.05) is 18.2 Å². The lowest BCUT2D eigenvalue weighted by Crippen LogP contribution is -2.27. The Kier molecular flexibility index (Phi) is 2.91. The molecule has 0 aliphatic heterocycles. The maximum Gasteiger partial charge on any atom is 0.130 e. The number of aliphatic hydroxyl groups is 1. The highest BCUT2D eigenvalue weighted by Gasteiger charge is 2.42. The second kappa shape index (κ2) is 4.38. The van der Waals surface area contributed by atoms with Crippen LogP contribution in [0.3, 0.4) is 0 Å². The quantitative estimate of drug-likeness (QED) is 0.839. The summed E-state index contributed by atoms with van der Waals surface area (Å²) in [6, 6.07) is 7.88. The van der Waals surface area contributed by atoms with E-state index in [1.807, 2.05) is 13.0 Å². The molecular formula is C17H16F2O. The average Bonchev–Trinajstić information content (AvgIpc) is 2.68. The molecule has 1 nitrogen and oxygen atoms in total. The smallest absolute Gasteiger partial charge is 0.130 e. The van der Waals surface area contributed by atoms with E-state index in [1.165, 1.54) is 12.1 Å². The number of aryl methyl sites for hydroxylation is 2. The molecule has 0 fully saturated rings. The van der Waals surface area contributed by atoms with Gasteiger partial charge in [0.15, 0.2) is 0 Å². The van der Waals surface area contributed by atoms with E-state index < -0.39 is 11.4 Å². The van der Waals surface area contributed by atoms with Gasteiger partial charge in [-0.3, -0.25) is 0 Å². The van der Waals surface area contributed by atoms with Gasteiger partial charge in [-0.15, -0.1) is 0 Å². The number of hydrogen-bond acceptors (Lipinski definition) is 1. The van der Waals surface area contributed by atoms with Crippen LogP contribution in [0.15, 0.2) is 30.3 Å². The molecule has 1 aliphatic carbocycles. The van der Waals surface area contributed by atoms with Crippen molar-refractivity contribution in [3.05, 3.63) is 69.8 Å². The predicted octanol–water partition coefficient (Wildman–Crippen LogP) is 3.76. The standard InChI is InChI=1S/C17H16F2O/c1-10-8-11(2)16(15(19)9-10)17(20)7-6-12-13(17)4-3-5-14(12)18/h3-5,8-9,20H,6-7H2,1-2H3. The molecule has 0 spiro atoms. The van der Waals surface area contributed by atoms with Gasteiger partial charge in [0, 0.05) is 5.56 Å². The lowest BCUT2D eigenvalue weighted by molar-refractivity contribution is 0.0781. The molecule has 3 rings (SSSR count). The van der Waals surface area contributed by atoms with E-state index in [4.69, 9.17) is 0 Å². The topological polar surface area (TPSA) is 20.2 Å². The van der Waals surface area contributed by atoms with Crippen molar-refractivity contribution in [3.8, 4) is 0 Å². The Labute approximate surface area is 116 Å². The van der Waals surface area contributed by atoms with Crippen molar-refractivity contribution in [1.82, 2.24) is 0 Å². The molecule has 2 aromatic rings. The van der Waals surface area contributed by atoms with E-state index in [9.17, 15) is 13.9 Å². The van der Waals surface area contributed by atoms with Crippen molar-refractivity contribution in [2.75, 3.05) is 0 Å². The largest absolute Gasteiger partial charge is 0.380 e. The maximum absolute atomic E-state index is 14.3. The van der Waals surface area contributed by atoms with Crippen LogP contribution in [0.1, 0.15) is 34.2 Å². The minimum absolute atomic E-state index is 0.271. The molecule has 20 heavy (non-hydrogen) atoms. The summed E-state index contributed by atoms with van der Waals surface area (Å²) in [7, 11) is 0. The molecule has 1 unspecified atom stereocenters. The molecule has 0 heterocycles. The second-order valence-electron chi connectivity index (χ2n) is 5.56. The molecule has 1 aliphatic rings. The summed E-state index contributed by atoms with van der Waals surface area (Å²) in [6.45, 7) is 3.59. The van der Waals surface area contributed by atoms with Crippen molar-refractivity contribution in [2.24, 2.45) is 0 Å². The van der Waals surface area contributed by atoms with Crippen LogP contribution in [0.2, 0.25) is 0 Å². The van der Waals surface area contributed by atoms with Gasteiger partial charge in [0.05, 0.1) is 0 Å². The van der Waals surface area contributed by atoms with E-state index in [1.54, 1.807) is 19.1 Å². The Balaban J connectivity index is 2.25. The molecule has 0 amide bonds. The highest BCUT2D eigenvalue weighted by Crippen LogP contribution is 2.44. The first-order chi connectivity index (χ1) is 9.43.